The summed E-state index contributed by atoms with van der Waals surface area (Å²) >= 11 is 1.90. The van der Waals surface area contributed by atoms with Crippen molar-refractivity contribution in [2.75, 3.05) is 12.4 Å². The molecule has 16 heavy (non-hydrogen) atoms. The first-order chi connectivity index (χ1) is 7.68. The molecule has 88 valence electrons. The molecule has 0 saturated heterocycles. The van der Waals surface area contributed by atoms with Crippen LogP contribution in [0, 0.1) is 0 Å². The molecule has 2 nitrogen and oxygen atoms in total. The van der Waals surface area contributed by atoms with Gasteiger partial charge in [0, 0.05) is 22.6 Å². The molecule has 3 heteroatoms. The van der Waals surface area contributed by atoms with Crippen LogP contribution in [0.2, 0.25) is 0 Å². The van der Waals surface area contributed by atoms with Crippen molar-refractivity contribution in [3.05, 3.63) is 29.8 Å². The van der Waals surface area contributed by atoms with Gasteiger partial charge in [-0.2, -0.15) is 0 Å². The van der Waals surface area contributed by atoms with Crippen molar-refractivity contribution in [2.45, 2.75) is 36.8 Å². The van der Waals surface area contributed by atoms with Crippen molar-refractivity contribution in [1.82, 2.24) is 0 Å². The maximum absolute atomic E-state index is 6.20. The van der Waals surface area contributed by atoms with Crippen molar-refractivity contribution in [2.24, 2.45) is 5.73 Å². The fourth-order valence-corrected chi connectivity index (χ4v) is 3.31. The second-order valence-electron chi connectivity index (χ2n) is 4.50. The molecule has 1 aromatic carbocycles. The number of thioether (sulfide) groups is 1. The van der Waals surface area contributed by atoms with Crippen LogP contribution >= 0.6 is 11.8 Å². The average molecular weight is 237 g/mol. The normalized spacial score (nSPS) is 21.1. The van der Waals surface area contributed by atoms with Gasteiger partial charge in [0.2, 0.25) is 0 Å². The minimum Gasteiger partial charge on any atom is -0.377 e. The van der Waals surface area contributed by atoms with Crippen molar-refractivity contribution in [1.29, 1.82) is 0 Å². The minimum atomic E-state index is 0.110. The highest BCUT2D eigenvalue weighted by Gasteiger charge is 2.28. The Morgan fingerprint density at radius 1 is 1.44 bits per heavy atom. The Morgan fingerprint density at radius 3 is 2.94 bits per heavy atom. The van der Waals surface area contributed by atoms with E-state index < -0.39 is 0 Å². The summed E-state index contributed by atoms with van der Waals surface area (Å²) in [4.78, 5) is 1.38. The zero-order valence-electron chi connectivity index (χ0n) is 9.85. The highest BCUT2D eigenvalue weighted by Crippen LogP contribution is 2.40. The van der Waals surface area contributed by atoms with Crippen molar-refractivity contribution in [3.8, 4) is 0 Å². The topological polar surface area (TPSA) is 35.2 Å². The van der Waals surface area contributed by atoms with Crippen LogP contribution in [0.25, 0.3) is 0 Å². The number of hydrogen-bond acceptors (Lipinski definition) is 3. The summed E-state index contributed by atoms with van der Waals surface area (Å²) in [5.74, 6) is 1.53. The standard InChI is InChI=1S/C13H19NOS/c1-9(2)15-7-12(14)11-8-16-13-6-4-3-5-10(11)13/h3-6,9,11-12H,7-8,14H2,1-2H3. The third kappa shape index (κ3) is 2.59. The Bertz CT molecular complexity index is 354. The summed E-state index contributed by atoms with van der Waals surface area (Å²) in [6.07, 6.45) is 0.260. The van der Waals surface area contributed by atoms with Gasteiger partial charge < -0.3 is 10.5 Å². The third-order valence-corrected chi connectivity index (χ3v) is 4.08. The van der Waals surface area contributed by atoms with E-state index in [9.17, 15) is 0 Å². The summed E-state index contributed by atoms with van der Waals surface area (Å²) in [6, 6.07) is 8.65. The monoisotopic (exact) mass is 237 g/mol. The van der Waals surface area contributed by atoms with Gasteiger partial charge >= 0.3 is 0 Å². The highest BCUT2D eigenvalue weighted by molar-refractivity contribution is 7.99. The molecule has 0 aliphatic carbocycles. The first kappa shape index (κ1) is 12.0. The van der Waals surface area contributed by atoms with Gasteiger partial charge in [-0.1, -0.05) is 18.2 Å². The van der Waals surface area contributed by atoms with E-state index >= 15 is 0 Å². The lowest BCUT2D eigenvalue weighted by Crippen LogP contribution is -2.34. The zero-order chi connectivity index (χ0) is 11.5. The van der Waals surface area contributed by atoms with Crippen LogP contribution in [-0.4, -0.2) is 24.5 Å². The molecule has 0 saturated carbocycles. The van der Waals surface area contributed by atoms with Gasteiger partial charge in [-0.05, 0) is 25.5 Å². The number of fused-ring (bicyclic) bond motifs is 1. The smallest absolute Gasteiger partial charge is 0.0627 e. The van der Waals surface area contributed by atoms with Crippen LogP contribution in [0.15, 0.2) is 29.2 Å². The predicted octanol–water partition coefficient (Wildman–Crippen LogP) is 2.63. The van der Waals surface area contributed by atoms with Crippen LogP contribution in [0.4, 0.5) is 0 Å². The molecule has 2 atom stereocenters. The van der Waals surface area contributed by atoms with E-state index in [1.807, 2.05) is 25.6 Å². The molecule has 0 aromatic heterocycles. The fraction of sp³-hybridized carbons (Fsp3) is 0.538. The number of benzene rings is 1. The first-order valence-corrected chi connectivity index (χ1v) is 6.76. The molecular formula is C13H19NOS. The fourth-order valence-electron chi connectivity index (χ4n) is 1.96. The van der Waals surface area contributed by atoms with Crippen molar-refractivity contribution in [3.63, 3.8) is 0 Å². The van der Waals surface area contributed by atoms with Gasteiger partial charge in [0.15, 0.2) is 0 Å². The molecule has 0 radical (unpaired) electrons. The molecule has 1 aliphatic rings. The molecular weight excluding hydrogens is 218 g/mol. The van der Waals surface area contributed by atoms with E-state index in [1.54, 1.807) is 0 Å². The van der Waals surface area contributed by atoms with Crippen LogP contribution in [0.5, 0.6) is 0 Å². The van der Waals surface area contributed by atoms with Crippen LogP contribution < -0.4 is 5.73 Å². The molecule has 0 fully saturated rings. The molecule has 1 heterocycles. The van der Waals surface area contributed by atoms with Gasteiger partial charge in [-0.25, -0.2) is 0 Å². The largest absolute Gasteiger partial charge is 0.377 e. The van der Waals surface area contributed by atoms with Gasteiger partial charge in [0.1, 0.15) is 0 Å². The quantitative estimate of drug-likeness (QED) is 0.874. The molecule has 2 N–H and O–H groups in total. The SMILES string of the molecule is CC(C)OCC(N)C1CSc2ccccc21. The Labute approximate surface area is 102 Å². The predicted molar refractivity (Wildman–Crippen MR) is 69.0 cm³/mol. The lowest BCUT2D eigenvalue weighted by molar-refractivity contribution is 0.0648. The van der Waals surface area contributed by atoms with E-state index in [0.29, 0.717) is 12.5 Å². The average Bonchev–Trinajstić information content (AvgIpc) is 2.69. The Hall–Kier alpha value is -0.510. The number of rotatable bonds is 4. The van der Waals surface area contributed by atoms with E-state index in [4.69, 9.17) is 10.5 Å². The van der Waals surface area contributed by atoms with Gasteiger partial charge in [-0.3, -0.25) is 0 Å². The Kier molecular flexibility index (Phi) is 3.90. The lowest BCUT2D eigenvalue weighted by atomic mass is 9.94. The summed E-state index contributed by atoms with van der Waals surface area (Å²) in [5, 5.41) is 0. The molecule has 1 aliphatic heterocycles. The third-order valence-electron chi connectivity index (χ3n) is 2.88. The van der Waals surface area contributed by atoms with E-state index in [-0.39, 0.29) is 12.1 Å². The maximum Gasteiger partial charge on any atom is 0.0627 e. The van der Waals surface area contributed by atoms with E-state index in [2.05, 4.69) is 24.3 Å². The number of hydrogen-bond donors (Lipinski definition) is 1. The second kappa shape index (κ2) is 5.21. The molecule has 2 rings (SSSR count). The van der Waals surface area contributed by atoms with Crippen molar-refractivity contribution < 1.29 is 4.74 Å². The van der Waals surface area contributed by atoms with Gasteiger partial charge in [-0.15, -0.1) is 11.8 Å². The Balaban J connectivity index is 2.01. The summed E-state index contributed by atoms with van der Waals surface area (Å²) < 4.78 is 5.60. The molecule has 2 unspecified atom stereocenters. The van der Waals surface area contributed by atoms with Gasteiger partial charge in [0.25, 0.3) is 0 Å². The number of nitrogens with two attached hydrogens (primary N) is 1. The molecule has 1 aromatic rings. The van der Waals surface area contributed by atoms with Crippen LogP contribution in [0.1, 0.15) is 25.3 Å². The number of ether oxygens (including phenoxy) is 1. The summed E-state index contributed by atoms with van der Waals surface area (Å²) in [6.45, 7) is 4.74. The molecule has 0 bridgehead atoms. The van der Waals surface area contributed by atoms with Gasteiger partial charge in [0.05, 0.1) is 12.7 Å². The summed E-state index contributed by atoms with van der Waals surface area (Å²) in [7, 11) is 0. The lowest BCUT2D eigenvalue weighted by Gasteiger charge is -2.20. The first-order valence-electron chi connectivity index (χ1n) is 5.77. The molecule has 0 spiro atoms. The van der Waals surface area contributed by atoms with Crippen molar-refractivity contribution >= 4 is 11.8 Å². The zero-order valence-corrected chi connectivity index (χ0v) is 10.7. The summed E-state index contributed by atoms with van der Waals surface area (Å²) in [5.41, 5.74) is 7.60. The van der Waals surface area contributed by atoms with E-state index in [0.717, 1.165) is 5.75 Å². The molecule has 0 amide bonds. The Morgan fingerprint density at radius 2 is 2.19 bits per heavy atom. The maximum atomic E-state index is 6.20. The van der Waals surface area contributed by atoms with Crippen LogP contribution in [0.3, 0.4) is 0 Å². The highest BCUT2D eigenvalue weighted by atomic mass is 32.2. The minimum absolute atomic E-state index is 0.110. The van der Waals surface area contributed by atoms with Crippen LogP contribution in [-0.2, 0) is 4.74 Å². The van der Waals surface area contributed by atoms with E-state index in [1.165, 1.54) is 10.5 Å². The second-order valence-corrected chi connectivity index (χ2v) is 5.56.